The van der Waals surface area contributed by atoms with Gasteiger partial charge in [-0.1, -0.05) is 60.3 Å². The topological polar surface area (TPSA) is 86.8 Å². The minimum absolute atomic E-state index is 0.00536. The van der Waals surface area contributed by atoms with Crippen LogP contribution in [0, 0.1) is 6.92 Å². The van der Waals surface area contributed by atoms with Gasteiger partial charge in [-0.2, -0.15) is 5.10 Å². The third-order valence-corrected chi connectivity index (χ3v) is 6.29. The monoisotopic (exact) mass is 439 g/mol. The number of carbonyl (C=O) groups excluding carboxylic acids is 1. The van der Waals surface area contributed by atoms with Crippen LogP contribution in [0.5, 0.6) is 0 Å². The molecule has 158 valence electrons. The number of hydrogen-bond donors (Lipinski definition) is 2. The van der Waals surface area contributed by atoms with Crippen LogP contribution >= 0.6 is 11.8 Å². The number of thioether (sulfide) groups is 1. The molecule has 1 saturated heterocycles. The third-order valence-electron chi connectivity index (χ3n) is 5.37. The Kier molecular flexibility index (Phi) is 5.25. The average molecular weight is 440 g/mol. The van der Waals surface area contributed by atoms with Crippen molar-refractivity contribution >= 4 is 51.3 Å². The Labute approximate surface area is 189 Å². The van der Waals surface area contributed by atoms with Crippen LogP contribution < -0.4 is 10.6 Å². The number of hydrogen-bond acceptors (Lipinski definition) is 5. The highest BCUT2D eigenvalue weighted by Gasteiger charge is 2.30. The molecule has 1 aliphatic rings. The van der Waals surface area contributed by atoms with Gasteiger partial charge >= 0.3 is 0 Å². The number of aromatic nitrogens is 1. The molecule has 7 heteroatoms. The number of anilines is 2. The smallest absolute Gasteiger partial charge is 0.243 e. The van der Waals surface area contributed by atoms with Crippen molar-refractivity contribution in [3.8, 4) is 11.3 Å². The molecule has 0 aliphatic carbocycles. The molecule has 0 radical (unpaired) electrons. The fourth-order valence-corrected chi connectivity index (χ4v) is 4.66. The molecule has 0 bridgehead atoms. The third kappa shape index (κ3) is 3.67. The number of nitrogens with one attached hydrogen (secondary N) is 1. The molecule has 4 aromatic rings. The maximum absolute atomic E-state index is 12.5. The van der Waals surface area contributed by atoms with Gasteiger partial charge in [0.1, 0.15) is 0 Å². The number of para-hydroxylation sites is 2. The van der Waals surface area contributed by atoms with Gasteiger partial charge in [0.2, 0.25) is 5.91 Å². The second kappa shape index (κ2) is 8.36. The summed E-state index contributed by atoms with van der Waals surface area (Å²) in [5.74, 6) is 0.357. The summed E-state index contributed by atoms with van der Waals surface area (Å²) in [4.78, 5) is 17.6. The standard InChI is InChI=1S/C25H21N5OS/c1-16-7-2-5-12-22(16)30-23(31)15-32-25(30)29-27-14-20-19-10-3-4-11-21(19)28-24(20)17-8-6-9-18(26)13-17/h2-14,28H,15,26H2,1H3/b27-14-,29-25?. The molecular weight excluding hydrogens is 418 g/mol. The molecule has 1 aromatic heterocycles. The molecule has 1 aliphatic heterocycles. The molecule has 0 saturated carbocycles. The van der Waals surface area contributed by atoms with Crippen molar-refractivity contribution in [1.82, 2.24) is 4.98 Å². The maximum atomic E-state index is 12.5. The summed E-state index contributed by atoms with van der Waals surface area (Å²) in [7, 11) is 0. The first-order chi connectivity index (χ1) is 15.6. The lowest BCUT2D eigenvalue weighted by Gasteiger charge is -2.17. The first-order valence-corrected chi connectivity index (χ1v) is 11.2. The minimum Gasteiger partial charge on any atom is -0.399 e. The van der Waals surface area contributed by atoms with E-state index in [1.165, 1.54) is 11.8 Å². The number of aromatic amines is 1. The van der Waals surface area contributed by atoms with E-state index in [2.05, 4.69) is 15.2 Å². The Morgan fingerprint density at radius 3 is 2.72 bits per heavy atom. The zero-order chi connectivity index (χ0) is 22.1. The lowest BCUT2D eigenvalue weighted by molar-refractivity contribution is -0.115. The van der Waals surface area contributed by atoms with Crippen molar-refractivity contribution in [1.29, 1.82) is 0 Å². The summed E-state index contributed by atoms with van der Waals surface area (Å²) in [5, 5.41) is 10.4. The number of aryl methyl sites for hydroxylation is 1. The van der Waals surface area contributed by atoms with E-state index in [0.717, 1.165) is 39.0 Å². The van der Waals surface area contributed by atoms with Crippen LogP contribution in [0.4, 0.5) is 11.4 Å². The van der Waals surface area contributed by atoms with Gasteiger partial charge in [0.25, 0.3) is 0 Å². The van der Waals surface area contributed by atoms with Crippen molar-refractivity contribution in [2.45, 2.75) is 6.92 Å². The van der Waals surface area contributed by atoms with Crippen LogP contribution in [0.2, 0.25) is 0 Å². The van der Waals surface area contributed by atoms with Crippen molar-refractivity contribution in [2.75, 3.05) is 16.4 Å². The molecule has 5 rings (SSSR count). The van der Waals surface area contributed by atoms with Gasteiger partial charge in [0, 0.05) is 27.7 Å². The molecule has 3 N–H and O–H groups in total. The maximum Gasteiger partial charge on any atom is 0.243 e. The minimum atomic E-state index is 0.00536. The molecule has 0 atom stereocenters. The van der Waals surface area contributed by atoms with E-state index in [1.807, 2.05) is 79.7 Å². The highest BCUT2D eigenvalue weighted by atomic mass is 32.2. The number of carbonyl (C=O) groups is 1. The first-order valence-electron chi connectivity index (χ1n) is 10.2. The first kappa shape index (κ1) is 20.1. The number of benzene rings is 3. The number of H-pyrrole nitrogens is 1. The number of nitrogens with zero attached hydrogens (tertiary/aromatic N) is 3. The summed E-state index contributed by atoms with van der Waals surface area (Å²) in [6.45, 7) is 1.98. The van der Waals surface area contributed by atoms with Gasteiger partial charge in [0.05, 0.1) is 23.3 Å². The van der Waals surface area contributed by atoms with Crippen molar-refractivity contribution in [3.63, 3.8) is 0 Å². The Hall–Kier alpha value is -3.84. The van der Waals surface area contributed by atoms with E-state index in [0.29, 0.717) is 16.6 Å². The van der Waals surface area contributed by atoms with Crippen LogP contribution in [-0.2, 0) is 4.79 Å². The van der Waals surface area contributed by atoms with E-state index in [4.69, 9.17) is 5.73 Å². The van der Waals surface area contributed by atoms with E-state index < -0.39 is 0 Å². The number of fused-ring (bicyclic) bond motifs is 1. The quantitative estimate of drug-likeness (QED) is 0.260. The predicted octanol–water partition coefficient (Wildman–Crippen LogP) is 5.20. The van der Waals surface area contributed by atoms with Crippen LogP contribution in [0.25, 0.3) is 22.2 Å². The summed E-state index contributed by atoms with van der Waals surface area (Å²) >= 11 is 1.39. The fraction of sp³-hybridized carbons (Fsp3) is 0.0800. The Morgan fingerprint density at radius 2 is 1.88 bits per heavy atom. The van der Waals surface area contributed by atoms with E-state index >= 15 is 0 Å². The van der Waals surface area contributed by atoms with Gasteiger partial charge in [-0.25, -0.2) is 0 Å². The summed E-state index contributed by atoms with van der Waals surface area (Å²) < 4.78 is 0. The SMILES string of the molecule is Cc1ccccc1N1C(=O)CSC1=N/N=C\c1c(-c2cccc(N)c2)[nH]c2ccccc12. The number of amidine groups is 1. The van der Waals surface area contributed by atoms with Gasteiger partial charge in [-0.3, -0.25) is 9.69 Å². The Bertz CT molecular complexity index is 1390. The predicted molar refractivity (Wildman–Crippen MR) is 134 cm³/mol. The molecule has 2 heterocycles. The zero-order valence-electron chi connectivity index (χ0n) is 17.4. The number of nitrogens with two attached hydrogens (primary N) is 1. The molecule has 32 heavy (non-hydrogen) atoms. The lowest BCUT2D eigenvalue weighted by atomic mass is 10.1. The molecule has 6 nitrogen and oxygen atoms in total. The lowest BCUT2D eigenvalue weighted by Crippen LogP contribution is -2.29. The van der Waals surface area contributed by atoms with Gasteiger partial charge in [0.15, 0.2) is 5.17 Å². The molecule has 1 fully saturated rings. The van der Waals surface area contributed by atoms with Crippen LogP contribution in [0.3, 0.4) is 0 Å². The summed E-state index contributed by atoms with van der Waals surface area (Å²) in [5.41, 5.74) is 12.4. The van der Waals surface area contributed by atoms with Gasteiger partial charge < -0.3 is 10.7 Å². The number of rotatable bonds is 4. The number of nitrogen functional groups attached to an aromatic ring is 1. The second-order valence-electron chi connectivity index (χ2n) is 7.52. The highest BCUT2D eigenvalue weighted by Crippen LogP contribution is 2.31. The zero-order valence-corrected chi connectivity index (χ0v) is 18.3. The molecular formula is C25H21N5OS. The Balaban J connectivity index is 1.55. The molecule has 1 amide bonds. The largest absolute Gasteiger partial charge is 0.399 e. The van der Waals surface area contributed by atoms with Gasteiger partial charge in [-0.15, -0.1) is 5.10 Å². The molecule has 0 unspecified atom stereocenters. The fourth-order valence-electron chi connectivity index (χ4n) is 3.84. The second-order valence-corrected chi connectivity index (χ2v) is 8.46. The summed E-state index contributed by atoms with van der Waals surface area (Å²) in [6, 6.07) is 23.6. The van der Waals surface area contributed by atoms with Crippen molar-refractivity contribution in [2.24, 2.45) is 10.2 Å². The summed E-state index contributed by atoms with van der Waals surface area (Å²) in [6.07, 6.45) is 1.74. The molecule has 0 spiro atoms. The van der Waals surface area contributed by atoms with E-state index in [9.17, 15) is 4.79 Å². The van der Waals surface area contributed by atoms with Crippen LogP contribution in [0.15, 0.2) is 83.0 Å². The Morgan fingerprint density at radius 1 is 1.06 bits per heavy atom. The van der Waals surface area contributed by atoms with Crippen molar-refractivity contribution in [3.05, 3.63) is 83.9 Å². The van der Waals surface area contributed by atoms with E-state index in [-0.39, 0.29) is 5.91 Å². The molecule has 3 aromatic carbocycles. The van der Waals surface area contributed by atoms with Crippen LogP contribution in [-0.4, -0.2) is 28.0 Å². The van der Waals surface area contributed by atoms with Gasteiger partial charge in [-0.05, 0) is 36.8 Å². The van der Waals surface area contributed by atoms with Crippen molar-refractivity contribution < 1.29 is 4.79 Å². The van der Waals surface area contributed by atoms with Crippen LogP contribution in [0.1, 0.15) is 11.1 Å². The normalized spacial score (nSPS) is 15.5. The highest BCUT2D eigenvalue weighted by molar-refractivity contribution is 8.15. The van der Waals surface area contributed by atoms with E-state index in [1.54, 1.807) is 11.1 Å². The number of amides is 1. The average Bonchev–Trinajstić information content (AvgIpc) is 3.35.